The molecule has 2 atom stereocenters. The van der Waals surface area contributed by atoms with Crippen molar-refractivity contribution in [3.8, 4) is 11.5 Å². The van der Waals surface area contributed by atoms with Gasteiger partial charge in [-0.15, -0.1) is 11.3 Å². The molecule has 7 heteroatoms. The van der Waals surface area contributed by atoms with Gasteiger partial charge in [-0.1, -0.05) is 33.6 Å². The van der Waals surface area contributed by atoms with Crippen LogP contribution in [0.5, 0.6) is 11.5 Å². The van der Waals surface area contributed by atoms with Gasteiger partial charge in [0.25, 0.3) is 0 Å². The van der Waals surface area contributed by atoms with Crippen LogP contribution in [0.3, 0.4) is 0 Å². The minimum absolute atomic E-state index is 0.0340. The van der Waals surface area contributed by atoms with Crippen molar-refractivity contribution in [1.29, 1.82) is 0 Å². The second kappa shape index (κ2) is 6.55. The molecule has 27 heavy (non-hydrogen) atoms. The Hall–Kier alpha value is -2.02. The number of thiophene rings is 1. The van der Waals surface area contributed by atoms with E-state index in [0.717, 1.165) is 32.8 Å². The van der Waals surface area contributed by atoms with Crippen LogP contribution in [0, 0.1) is 0 Å². The van der Waals surface area contributed by atoms with Crippen molar-refractivity contribution < 1.29 is 9.84 Å². The number of phenols is 1. The number of hydrazone groups is 1. The molecule has 3 aromatic rings. The van der Waals surface area contributed by atoms with Gasteiger partial charge in [0, 0.05) is 21.5 Å². The third-order valence-electron chi connectivity index (χ3n) is 4.81. The van der Waals surface area contributed by atoms with Crippen molar-refractivity contribution in [3.63, 3.8) is 0 Å². The molecule has 4 nitrogen and oxygen atoms in total. The largest absolute Gasteiger partial charge is 0.507 e. The zero-order valence-electron chi connectivity index (χ0n) is 14.0. The lowest BCUT2D eigenvalue weighted by Crippen LogP contribution is -2.33. The molecular weight excluding hydrogens is 448 g/mol. The molecule has 0 spiro atoms. The Bertz CT molecular complexity index is 1050. The summed E-state index contributed by atoms with van der Waals surface area (Å²) in [6, 6.07) is 15.1. The Morgan fingerprint density at radius 1 is 1.19 bits per heavy atom. The van der Waals surface area contributed by atoms with E-state index < -0.39 is 6.23 Å². The average molecular weight is 462 g/mol. The fraction of sp³-hybridized carbons (Fsp3) is 0.150. The van der Waals surface area contributed by atoms with Crippen molar-refractivity contribution in [2.24, 2.45) is 5.10 Å². The predicted octanol–water partition coefficient (Wildman–Crippen LogP) is 6.11. The van der Waals surface area contributed by atoms with Crippen LogP contribution in [0.15, 0.2) is 63.5 Å². The summed E-state index contributed by atoms with van der Waals surface area (Å²) >= 11 is 11.4. The molecule has 0 fully saturated rings. The molecule has 2 aromatic carbocycles. The van der Waals surface area contributed by atoms with Crippen molar-refractivity contribution in [2.75, 3.05) is 0 Å². The van der Waals surface area contributed by atoms with E-state index in [9.17, 15) is 5.11 Å². The van der Waals surface area contributed by atoms with Gasteiger partial charge in [0.2, 0.25) is 6.23 Å². The molecular formula is C20H14BrClN2O2S. The molecule has 0 bridgehead atoms. The number of hydrogen-bond donors (Lipinski definition) is 1. The predicted molar refractivity (Wildman–Crippen MR) is 111 cm³/mol. The minimum Gasteiger partial charge on any atom is -0.507 e. The van der Waals surface area contributed by atoms with Gasteiger partial charge >= 0.3 is 0 Å². The maximum Gasteiger partial charge on any atom is 0.217 e. The lowest BCUT2D eigenvalue weighted by atomic mass is 9.97. The molecule has 0 radical (unpaired) electrons. The molecule has 0 aliphatic carbocycles. The monoisotopic (exact) mass is 460 g/mol. The van der Waals surface area contributed by atoms with Crippen LogP contribution < -0.4 is 4.74 Å². The van der Waals surface area contributed by atoms with E-state index in [2.05, 4.69) is 33.4 Å². The number of benzene rings is 2. The number of phenolic OH excluding ortho intramolecular Hbond substituents is 1. The Morgan fingerprint density at radius 3 is 2.89 bits per heavy atom. The van der Waals surface area contributed by atoms with E-state index in [0.29, 0.717) is 10.6 Å². The van der Waals surface area contributed by atoms with Gasteiger partial charge < -0.3 is 9.84 Å². The van der Waals surface area contributed by atoms with Crippen molar-refractivity contribution in [1.82, 2.24) is 5.01 Å². The third kappa shape index (κ3) is 2.92. The van der Waals surface area contributed by atoms with E-state index in [1.165, 1.54) is 0 Å². The van der Waals surface area contributed by atoms with E-state index in [1.807, 2.05) is 23.2 Å². The molecule has 3 heterocycles. The summed E-state index contributed by atoms with van der Waals surface area (Å²) in [5.74, 6) is 0.940. The number of ether oxygens (including phenoxy) is 1. The summed E-state index contributed by atoms with van der Waals surface area (Å²) < 4.78 is 7.27. The van der Waals surface area contributed by atoms with Crippen molar-refractivity contribution >= 4 is 44.6 Å². The van der Waals surface area contributed by atoms with E-state index in [4.69, 9.17) is 21.4 Å². The summed E-state index contributed by atoms with van der Waals surface area (Å²) in [6.45, 7) is 0. The molecule has 0 saturated carbocycles. The lowest BCUT2D eigenvalue weighted by Gasteiger charge is -2.38. The molecule has 136 valence electrons. The second-order valence-corrected chi connectivity index (χ2v) is 8.78. The molecule has 5 rings (SSSR count). The number of rotatable bonds is 2. The Labute approximate surface area is 173 Å². The SMILES string of the molecule is Oc1ccc(Cl)cc1[C@H]1Oc2ccc(Br)cc2[C@H]2CC(c3cccs3)=NN21. The van der Waals surface area contributed by atoms with Gasteiger partial charge in [0.15, 0.2) is 0 Å². The number of fused-ring (bicyclic) bond motifs is 3. The van der Waals surface area contributed by atoms with Crippen molar-refractivity contribution in [2.45, 2.75) is 18.7 Å². The summed E-state index contributed by atoms with van der Waals surface area (Å²) in [7, 11) is 0. The molecule has 1 N–H and O–H groups in total. The van der Waals surface area contributed by atoms with Gasteiger partial charge in [0.1, 0.15) is 11.5 Å². The van der Waals surface area contributed by atoms with Gasteiger partial charge in [0.05, 0.1) is 22.2 Å². The topological polar surface area (TPSA) is 45.1 Å². The zero-order chi connectivity index (χ0) is 18.5. The number of halogens is 2. The highest BCUT2D eigenvalue weighted by Gasteiger charge is 2.42. The second-order valence-electron chi connectivity index (χ2n) is 6.48. The Kier molecular flexibility index (Phi) is 4.15. The summed E-state index contributed by atoms with van der Waals surface area (Å²) in [4.78, 5) is 1.15. The number of nitrogens with zero attached hydrogens (tertiary/aromatic N) is 2. The first kappa shape index (κ1) is 17.1. The van der Waals surface area contributed by atoms with E-state index in [-0.39, 0.29) is 11.8 Å². The summed E-state index contributed by atoms with van der Waals surface area (Å²) in [5, 5.41) is 19.8. The molecule has 2 aliphatic rings. The van der Waals surface area contributed by atoms with Crippen LogP contribution in [-0.4, -0.2) is 15.8 Å². The zero-order valence-corrected chi connectivity index (χ0v) is 17.1. The van der Waals surface area contributed by atoms with Crippen LogP contribution in [0.4, 0.5) is 0 Å². The highest BCUT2D eigenvalue weighted by molar-refractivity contribution is 9.10. The highest BCUT2D eigenvalue weighted by atomic mass is 79.9. The third-order valence-corrected chi connectivity index (χ3v) is 6.46. The molecule has 0 amide bonds. The number of hydrogen-bond acceptors (Lipinski definition) is 5. The molecule has 1 aromatic heterocycles. The van der Waals surface area contributed by atoms with Crippen LogP contribution in [-0.2, 0) is 0 Å². The fourth-order valence-corrected chi connectivity index (χ4v) is 4.86. The molecule has 0 unspecified atom stereocenters. The van der Waals surface area contributed by atoms with E-state index in [1.54, 1.807) is 29.5 Å². The van der Waals surface area contributed by atoms with Crippen LogP contribution in [0.1, 0.15) is 34.7 Å². The molecule has 0 saturated heterocycles. The first-order chi connectivity index (χ1) is 13.1. The van der Waals surface area contributed by atoms with Crippen LogP contribution >= 0.6 is 38.9 Å². The van der Waals surface area contributed by atoms with Crippen molar-refractivity contribution in [3.05, 3.63) is 79.4 Å². The van der Waals surface area contributed by atoms with Gasteiger partial charge in [-0.05, 0) is 47.8 Å². The normalized spacial score (nSPS) is 20.7. The lowest BCUT2D eigenvalue weighted by molar-refractivity contribution is -0.0203. The van der Waals surface area contributed by atoms with Gasteiger partial charge in [-0.2, -0.15) is 5.10 Å². The quantitative estimate of drug-likeness (QED) is 0.500. The standard InChI is InChI=1S/C20H14BrClN2O2S/c21-11-3-6-18-13(8-11)16-10-15(19-2-1-7-27-19)23-24(16)20(26-18)14-9-12(22)4-5-17(14)25/h1-9,16,20,25H,10H2/t16-,20-/m1/s1. The maximum atomic E-state index is 10.4. The smallest absolute Gasteiger partial charge is 0.217 e. The average Bonchev–Trinajstić information content (AvgIpc) is 3.32. The number of aromatic hydroxyl groups is 1. The maximum absolute atomic E-state index is 10.4. The summed E-state index contributed by atoms with van der Waals surface area (Å²) in [6.07, 6.45) is 0.241. The summed E-state index contributed by atoms with van der Waals surface area (Å²) in [5.41, 5.74) is 2.72. The van der Waals surface area contributed by atoms with Crippen LogP contribution in [0.25, 0.3) is 0 Å². The van der Waals surface area contributed by atoms with Gasteiger partial charge in [-0.3, -0.25) is 0 Å². The first-order valence-corrected chi connectivity index (χ1v) is 10.5. The Morgan fingerprint density at radius 2 is 2.07 bits per heavy atom. The minimum atomic E-state index is -0.542. The van der Waals surface area contributed by atoms with E-state index >= 15 is 0 Å². The van der Waals surface area contributed by atoms with Crippen LogP contribution in [0.2, 0.25) is 5.02 Å². The molecule has 2 aliphatic heterocycles. The van der Waals surface area contributed by atoms with Gasteiger partial charge in [-0.25, -0.2) is 5.01 Å². The fourth-order valence-electron chi connectivity index (χ4n) is 3.58. The Balaban J connectivity index is 1.65. The highest BCUT2D eigenvalue weighted by Crippen LogP contribution is 2.49. The first-order valence-electron chi connectivity index (χ1n) is 8.44.